The SMILES string of the molecule is Cc1cc(Cl)ccc1CNC(C)(CO)c1ccccc1. The first-order chi connectivity index (χ1) is 9.55. The van der Waals surface area contributed by atoms with E-state index < -0.39 is 5.54 Å². The average molecular weight is 290 g/mol. The summed E-state index contributed by atoms with van der Waals surface area (Å²) >= 11 is 5.97. The maximum Gasteiger partial charge on any atom is 0.0652 e. The summed E-state index contributed by atoms with van der Waals surface area (Å²) in [6.07, 6.45) is 0. The van der Waals surface area contributed by atoms with Gasteiger partial charge in [-0.2, -0.15) is 0 Å². The smallest absolute Gasteiger partial charge is 0.0652 e. The Morgan fingerprint density at radius 2 is 1.85 bits per heavy atom. The molecule has 20 heavy (non-hydrogen) atoms. The van der Waals surface area contributed by atoms with Gasteiger partial charge in [0, 0.05) is 11.6 Å². The van der Waals surface area contributed by atoms with Crippen LogP contribution in [0.4, 0.5) is 0 Å². The van der Waals surface area contributed by atoms with Crippen LogP contribution >= 0.6 is 11.6 Å². The average Bonchev–Trinajstić information content (AvgIpc) is 2.47. The molecule has 0 saturated heterocycles. The van der Waals surface area contributed by atoms with E-state index in [9.17, 15) is 5.11 Å². The Hall–Kier alpha value is -1.35. The van der Waals surface area contributed by atoms with Gasteiger partial charge in [-0.05, 0) is 42.7 Å². The number of halogens is 1. The topological polar surface area (TPSA) is 32.3 Å². The Labute approximate surface area is 125 Å². The van der Waals surface area contributed by atoms with Crippen LogP contribution < -0.4 is 5.32 Å². The van der Waals surface area contributed by atoms with Crippen LogP contribution in [0.15, 0.2) is 48.5 Å². The minimum atomic E-state index is -0.451. The second kappa shape index (κ2) is 6.40. The van der Waals surface area contributed by atoms with E-state index in [0.717, 1.165) is 16.1 Å². The standard InChI is InChI=1S/C17H20ClNO/c1-13-10-16(18)9-8-14(13)11-19-17(2,12-20)15-6-4-3-5-7-15/h3-10,19-20H,11-12H2,1-2H3. The van der Waals surface area contributed by atoms with Crippen LogP contribution in [0, 0.1) is 6.92 Å². The maximum absolute atomic E-state index is 9.75. The highest BCUT2D eigenvalue weighted by atomic mass is 35.5. The zero-order valence-electron chi connectivity index (χ0n) is 11.9. The third-order valence-electron chi connectivity index (χ3n) is 3.70. The van der Waals surface area contributed by atoms with E-state index in [1.54, 1.807) is 0 Å². The van der Waals surface area contributed by atoms with Crippen LogP contribution in [-0.2, 0) is 12.1 Å². The lowest BCUT2D eigenvalue weighted by molar-refractivity contribution is 0.173. The number of hydrogen-bond acceptors (Lipinski definition) is 2. The normalized spacial score (nSPS) is 14.0. The van der Waals surface area contributed by atoms with Crippen LogP contribution in [0.5, 0.6) is 0 Å². The van der Waals surface area contributed by atoms with Gasteiger partial charge >= 0.3 is 0 Å². The molecule has 2 aromatic carbocycles. The van der Waals surface area contributed by atoms with E-state index in [2.05, 4.69) is 5.32 Å². The Bertz CT molecular complexity index is 570. The lowest BCUT2D eigenvalue weighted by Gasteiger charge is -2.30. The fraction of sp³-hybridized carbons (Fsp3) is 0.294. The molecular weight excluding hydrogens is 270 g/mol. The lowest BCUT2D eigenvalue weighted by Crippen LogP contribution is -2.42. The van der Waals surface area contributed by atoms with Crippen molar-refractivity contribution in [3.63, 3.8) is 0 Å². The van der Waals surface area contributed by atoms with Gasteiger partial charge in [0.25, 0.3) is 0 Å². The van der Waals surface area contributed by atoms with Crippen LogP contribution in [0.1, 0.15) is 23.6 Å². The number of aryl methyl sites for hydroxylation is 1. The number of rotatable bonds is 5. The molecule has 2 aromatic rings. The summed E-state index contributed by atoms with van der Waals surface area (Å²) < 4.78 is 0. The molecule has 0 aliphatic carbocycles. The predicted molar refractivity (Wildman–Crippen MR) is 83.9 cm³/mol. The summed E-state index contributed by atoms with van der Waals surface area (Å²) in [5, 5.41) is 13.9. The van der Waals surface area contributed by atoms with Gasteiger partial charge in [-0.1, -0.05) is 48.0 Å². The van der Waals surface area contributed by atoms with Crippen molar-refractivity contribution in [2.75, 3.05) is 6.61 Å². The summed E-state index contributed by atoms with van der Waals surface area (Å²) in [6.45, 7) is 4.79. The van der Waals surface area contributed by atoms with Crippen molar-refractivity contribution < 1.29 is 5.11 Å². The first-order valence-electron chi connectivity index (χ1n) is 6.71. The summed E-state index contributed by atoms with van der Waals surface area (Å²) in [4.78, 5) is 0. The minimum absolute atomic E-state index is 0.0453. The lowest BCUT2D eigenvalue weighted by atomic mass is 9.92. The summed E-state index contributed by atoms with van der Waals surface area (Å²) in [6, 6.07) is 15.9. The largest absolute Gasteiger partial charge is 0.394 e. The van der Waals surface area contributed by atoms with Gasteiger partial charge in [0.1, 0.15) is 0 Å². The molecule has 2 nitrogen and oxygen atoms in total. The molecule has 3 heteroatoms. The van der Waals surface area contributed by atoms with Crippen molar-refractivity contribution in [3.8, 4) is 0 Å². The van der Waals surface area contributed by atoms with Crippen molar-refractivity contribution in [1.29, 1.82) is 0 Å². The second-order valence-corrected chi connectivity index (χ2v) is 5.72. The Morgan fingerprint density at radius 3 is 2.45 bits per heavy atom. The molecule has 0 spiro atoms. The zero-order chi connectivity index (χ0) is 14.6. The molecule has 1 atom stereocenters. The Kier molecular flexibility index (Phi) is 4.81. The van der Waals surface area contributed by atoms with Gasteiger partial charge < -0.3 is 10.4 Å². The van der Waals surface area contributed by atoms with E-state index in [1.807, 2.05) is 62.4 Å². The zero-order valence-corrected chi connectivity index (χ0v) is 12.6. The Morgan fingerprint density at radius 1 is 1.15 bits per heavy atom. The quantitative estimate of drug-likeness (QED) is 0.881. The van der Waals surface area contributed by atoms with Gasteiger partial charge in [0.15, 0.2) is 0 Å². The number of aliphatic hydroxyl groups excluding tert-OH is 1. The van der Waals surface area contributed by atoms with Crippen molar-refractivity contribution in [3.05, 3.63) is 70.2 Å². The van der Waals surface area contributed by atoms with Crippen LogP contribution in [0.2, 0.25) is 5.02 Å². The van der Waals surface area contributed by atoms with Crippen LogP contribution in [0.3, 0.4) is 0 Å². The molecule has 0 aliphatic rings. The molecule has 2 rings (SSSR count). The highest BCUT2D eigenvalue weighted by Gasteiger charge is 2.24. The van der Waals surface area contributed by atoms with Crippen molar-refractivity contribution in [2.45, 2.75) is 25.9 Å². The highest BCUT2D eigenvalue weighted by Crippen LogP contribution is 2.22. The molecule has 0 amide bonds. The third-order valence-corrected chi connectivity index (χ3v) is 3.94. The number of benzene rings is 2. The molecule has 0 aliphatic heterocycles. The summed E-state index contributed by atoms with van der Waals surface area (Å²) in [5.41, 5.74) is 2.96. The second-order valence-electron chi connectivity index (χ2n) is 5.28. The molecule has 0 radical (unpaired) electrons. The van der Waals surface area contributed by atoms with E-state index in [-0.39, 0.29) is 6.61 Å². The molecule has 0 saturated carbocycles. The monoisotopic (exact) mass is 289 g/mol. The summed E-state index contributed by atoms with van der Waals surface area (Å²) in [5.74, 6) is 0. The fourth-order valence-electron chi connectivity index (χ4n) is 2.20. The number of aliphatic hydroxyl groups is 1. The highest BCUT2D eigenvalue weighted by molar-refractivity contribution is 6.30. The van der Waals surface area contributed by atoms with Gasteiger partial charge in [0.2, 0.25) is 0 Å². The van der Waals surface area contributed by atoms with E-state index >= 15 is 0 Å². The maximum atomic E-state index is 9.75. The van der Waals surface area contributed by atoms with Gasteiger partial charge in [-0.15, -0.1) is 0 Å². The number of hydrogen-bond donors (Lipinski definition) is 2. The van der Waals surface area contributed by atoms with Crippen molar-refractivity contribution >= 4 is 11.6 Å². The van der Waals surface area contributed by atoms with Gasteiger partial charge in [0.05, 0.1) is 12.1 Å². The Balaban J connectivity index is 2.15. The van der Waals surface area contributed by atoms with E-state index in [0.29, 0.717) is 6.54 Å². The third kappa shape index (κ3) is 3.40. The number of nitrogens with one attached hydrogen (secondary N) is 1. The summed E-state index contributed by atoms with van der Waals surface area (Å²) in [7, 11) is 0. The van der Waals surface area contributed by atoms with Crippen LogP contribution in [-0.4, -0.2) is 11.7 Å². The molecule has 106 valence electrons. The predicted octanol–water partition coefficient (Wildman–Crippen LogP) is 3.65. The molecule has 0 heterocycles. The molecule has 0 fully saturated rings. The molecule has 2 N–H and O–H groups in total. The van der Waals surface area contributed by atoms with Gasteiger partial charge in [-0.3, -0.25) is 0 Å². The van der Waals surface area contributed by atoms with Gasteiger partial charge in [-0.25, -0.2) is 0 Å². The van der Waals surface area contributed by atoms with Crippen LogP contribution in [0.25, 0.3) is 0 Å². The molecule has 0 aromatic heterocycles. The molecule has 1 unspecified atom stereocenters. The molecule has 0 bridgehead atoms. The first kappa shape index (κ1) is 15.0. The van der Waals surface area contributed by atoms with E-state index in [1.165, 1.54) is 5.56 Å². The van der Waals surface area contributed by atoms with Crippen molar-refractivity contribution in [2.24, 2.45) is 0 Å². The first-order valence-corrected chi connectivity index (χ1v) is 7.09. The fourth-order valence-corrected chi connectivity index (χ4v) is 2.43. The minimum Gasteiger partial charge on any atom is -0.394 e. The van der Waals surface area contributed by atoms with Crippen molar-refractivity contribution in [1.82, 2.24) is 5.32 Å². The molecular formula is C17H20ClNO. The van der Waals surface area contributed by atoms with E-state index in [4.69, 9.17) is 11.6 Å².